The van der Waals surface area contributed by atoms with Crippen molar-refractivity contribution in [1.29, 1.82) is 0 Å². The zero-order chi connectivity index (χ0) is 46.4. The van der Waals surface area contributed by atoms with Crippen molar-refractivity contribution < 1.29 is 32.9 Å². The molecule has 3 atom stereocenters. The fourth-order valence-corrected chi connectivity index (χ4v) is 8.26. The van der Waals surface area contributed by atoms with Crippen molar-refractivity contribution in [2.45, 2.75) is 251 Å². The maximum Gasteiger partial charge on any atom is 0.268 e. The second kappa shape index (κ2) is 45.6. The Hall–Kier alpha value is -1.54. The fraction of sp³-hybridized carbons (Fsp3) is 0.833. The van der Waals surface area contributed by atoms with Crippen LogP contribution >= 0.6 is 7.82 Å². The molecule has 0 aromatic carbocycles. The minimum absolute atomic E-state index is 0.0104. The normalized spacial score (nSPS) is 14.5. The summed E-state index contributed by atoms with van der Waals surface area (Å²) in [6.07, 6.45) is 58.9. The molecule has 370 valence electrons. The Morgan fingerprint density at radius 3 is 1.29 bits per heavy atom. The highest BCUT2D eigenvalue weighted by Gasteiger charge is 2.23. The second-order valence-electron chi connectivity index (χ2n) is 19.2. The molecule has 8 nitrogen and oxygen atoms in total. The van der Waals surface area contributed by atoms with E-state index < -0.39 is 26.6 Å². The smallest absolute Gasteiger partial charge is 0.268 e. The number of unbranched alkanes of at least 4 members (excludes halogenated alkanes) is 29. The van der Waals surface area contributed by atoms with Gasteiger partial charge in [-0.1, -0.05) is 210 Å². The predicted molar refractivity (Wildman–Crippen MR) is 270 cm³/mol. The lowest BCUT2D eigenvalue weighted by Gasteiger charge is -2.29. The topological polar surface area (TPSA) is 108 Å². The minimum Gasteiger partial charge on any atom is -0.756 e. The van der Waals surface area contributed by atoms with Crippen molar-refractivity contribution in [1.82, 2.24) is 5.32 Å². The van der Waals surface area contributed by atoms with Gasteiger partial charge < -0.3 is 28.8 Å². The molecular formula is C54H103N2O6P. The van der Waals surface area contributed by atoms with E-state index in [0.29, 0.717) is 17.4 Å². The van der Waals surface area contributed by atoms with Crippen molar-refractivity contribution in [2.75, 3.05) is 40.9 Å². The van der Waals surface area contributed by atoms with E-state index in [1.54, 1.807) is 6.08 Å². The molecule has 0 heterocycles. The largest absolute Gasteiger partial charge is 0.756 e. The summed E-state index contributed by atoms with van der Waals surface area (Å²) in [5.74, 6) is -0.215. The second-order valence-corrected chi connectivity index (χ2v) is 20.6. The number of carbonyl (C=O) groups excluding carboxylic acids is 1. The molecule has 63 heavy (non-hydrogen) atoms. The van der Waals surface area contributed by atoms with Crippen LogP contribution in [0, 0.1) is 0 Å². The van der Waals surface area contributed by atoms with E-state index >= 15 is 0 Å². The van der Waals surface area contributed by atoms with Crippen LogP contribution in [0.3, 0.4) is 0 Å². The summed E-state index contributed by atoms with van der Waals surface area (Å²) in [5.41, 5.74) is 0. The molecular weight excluding hydrogens is 804 g/mol. The van der Waals surface area contributed by atoms with E-state index in [4.69, 9.17) is 9.05 Å². The predicted octanol–water partition coefficient (Wildman–Crippen LogP) is 15.0. The first-order valence-corrected chi connectivity index (χ1v) is 28.0. The van der Waals surface area contributed by atoms with E-state index in [2.05, 4.69) is 55.6 Å². The number of hydrogen-bond acceptors (Lipinski definition) is 6. The zero-order valence-electron chi connectivity index (χ0n) is 42.0. The molecule has 0 spiro atoms. The Balaban J connectivity index is 4.37. The van der Waals surface area contributed by atoms with Crippen LogP contribution in [-0.4, -0.2) is 68.5 Å². The molecule has 0 saturated heterocycles. The fourth-order valence-electron chi connectivity index (χ4n) is 7.53. The van der Waals surface area contributed by atoms with Crippen LogP contribution in [0.2, 0.25) is 0 Å². The molecule has 0 bridgehead atoms. The van der Waals surface area contributed by atoms with Crippen LogP contribution in [-0.2, 0) is 18.4 Å². The SMILES string of the molecule is CCCCCCCCCCCC/C=C\CCCCCCCCCC(=O)NC(COP(=O)([O-])OCC[N+](C)(C)C)C(O)/C=C/CC/C=C/CC/C=C/CCCCCCCCCCCC. The number of aliphatic hydroxyl groups excluding tert-OH is 1. The Morgan fingerprint density at radius 2 is 0.889 bits per heavy atom. The number of nitrogens with zero attached hydrogens (tertiary/aromatic N) is 1. The Kier molecular flexibility index (Phi) is 44.5. The average molecular weight is 907 g/mol. The lowest BCUT2D eigenvalue weighted by atomic mass is 10.1. The van der Waals surface area contributed by atoms with Gasteiger partial charge in [0.2, 0.25) is 5.91 Å². The molecule has 0 aliphatic carbocycles. The van der Waals surface area contributed by atoms with Crippen molar-refractivity contribution in [2.24, 2.45) is 0 Å². The van der Waals surface area contributed by atoms with E-state index in [9.17, 15) is 19.4 Å². The van der Waals surface area contributed by atoms with Gasteiger partial charge >= 0.3 is 0 Å². The standard InChI is InChI=1S/C54H103N2O6P/c1-6-8-10-12-14-16-18-20-22-24-26-28-30-32-34-36-38-40-42-44-46-48-54(58)55-52(51-62-63(59,60)61-50-49-56(3,4)5)53(57)47-45-43-41-39-37-35-33-31-29-27-25-23-21-19-17-15-13-11-9-7-2/h28-31,37,39,45,47,52-53,57H,6-27,32-36,38,40-44,46,48-51H2,1-5H3,(H-,55,58,59,60)/b30-28-,31-29+,39-37+,47-45+. The summed E-state index contributed by atoms with van der Waals surface area (Å²) < 4.78 is 23.3. The third kappa shape index (κ3) is 48.2. The molecule has 0 aliphatic heterocycles. The number of allylic oxidation sites excluding steroid dienone is 7. The van der Waals surface area contributed by atoms with Crippen LogP contribution in [0.4, 0.5) is 0 Å². The van der Waals surface area contributed by atoms with Gasteiger partial charge in [0, 0.05) is 6.42 Å². The van der Waals surface area contributed by atoms with Crippen molar-refractivity contribution in [3.63, 3.8) is 0 Å². The van der Waals surface area contributed by atoms with Crippen molar-refractivity contribution >= 4 is 13.7 Å². The van der Waals surface area contributed by atoms with E-state index in [1.165, 1.54) is 173 Å². The third-order valence-electron chi connectivity index (χ3n) is 11.7. The van der Waals surface area contributed by atoms with Crippen LogP contribution in [0.25, 0.3) is 0 Å². The summed E-state index contributed by atoms with van der Waals surface area (Å²) >= 11 is 0. The number of rotatable bonds is 48. The lowest BCUT2D eigenvalue weighted by Crippen LogP contribution is -2.45. The highest BCUT2D eigenvalue weighted by molar-refractivity contribution is 7.45. The third-order valence-corrected chi connectivity index (χ3v) is 12.7. The van der Waals surface area contributed by atoms with E-state index in [0.717, 1.165) is 44.9 Å². The maximum atomic E-state index is 12.9. The van der Waals surface area contributed by atoms with Gasteiger partial charge in [-0.05, 0) is 70.6 Å². The van der Waals surface area contributed by atoms with Crippen molar-refractivity contribution in [3.8, 4) is 0 Å². The number of phosphoric ester groups is 1. The summed E-state index contributed by atoms with van der Waals surface area (Å²) in [7, 11) is 1.23. The number of carbonyl (C=O) groups is 1. The summed E-state index contributed by atoms with van der Waals surface area (Å²) in [6, 6.07) is -0.912. The molecule has 9 heteroatoms. The molecule has 0 saturated carbocycles. The van der Waals surface area contributed by atoms with Gasteiger partial charge in [-0.25, -0.2) is 0 Å². The van der Waals surface area contributed by atoms with Crippen LogP contribution in [0.1, 0.15) is 239 Å². The maximum absolute atomic E-state index is 12.9. The molecule has 0 radical (unpaired) electrons. The van der Waals surface area contributed by atoms with Gasteiger partial charge in [-0.2, -0.15) is 0 Å². The van der Waals surface area contributed by atoms with Crippen LogP contribution < -0.4 is 10.2 Å². The van der Waals surface area contributed by atoms with Gasteiger partial charge in [0.15, 0.2) is 0 Å². The monoisotopic (exact) mass is 907 g/mol. The average Bonchev–Trinajstić information content (AvgIpc) is 3.24. The lowest BCUT2D eigenvalue weighted by molar-refractivity contribution is -0.870. The summed E-state index contributed by atoms with van der Waals surface area (Å²) in [6.45, 7) is 4.63. The van der Waals surface area contributed by atoms with Gasteiger partial charge in [0.25, 0.3) is 7.82 Å². The Morgan fingerprint density at radius 1 is 0.540 bits per heavy atom. The minimum atomic E-state index is -4.61. The number of likely N-dealkylation sites (N-methyl/N-ethyl adjacent to an activating group) is 1. The molecule has 2 N–H and O–H groups in total. The zero-order valence-corrected chi connectivity index (χ0v) is 42.9. The number of amides is 1. The van der Waals surface area contributed by atoms with Crippen LogP contribution in [0.5, 0.6) is 0 Å². The van der Waals surface area contributed by atoms with Gasteiger partial charge in [-0.15, -0.1) is 0 Å². The number of hydrogen-bond donors (Lipinski definition) is 2. The molecule has 3 unspecified atom stereocenters. The number of nitrogens with one attached hydrogen (secondary N) is 1. The molecule has 0 aliphatic rings. The first-order valence-electron chi connectivity index (χ1n) is 26.5. The van der Waals surface area contributed by atoms with Gasteiger partial charge in [0.1, 0.15) is 13.2 Å². The Bertz CT molecular complexity index is 1170. The molecule has 0 rings (SSSR count). The number of aliphatic hydroxyl groups is 1. The van der Waals surface area contributed by atoms with E-state index in [1.807, 2.05) is 27.2 Å². The summed E-state index contributed by atoms with van der Waals surface area (Å²) in [5, 5.41) is 13.8. The van der Waals surface area contributed by atoms with Crippen LogP contribution in [0.15, 0.2) is 48.6 Å². The molecule has 0 aromatic heterocycles. The molecule has 0 fully saturated rings. The molecule has 1 amide bonds. The van der Waals surface area contributed by atoms with Crippen molar-refractivity contribution in [3.05, 3.63) is 48.6 Å². The molecule has 0 aromatic rings. The quantitative estimate of drug-likeness (QED) is 0.0272. The Labute approximate surface area is 390 Å². The highest BCUT2D eigenvalue weighted by atomic mass is 31.2. The highest BCUT2D eigenvalue weighted by Crippen LogP contribution is 2.38. The van der Waals surface area contributed by atoms with E-state index in [-0.39, 0.29) is 12.5 Å². The first kappa shape index (κ1) is 61.5. The van der Waals surface area contributed by atoms with Gasteiger partial charge in [0.05, 0.1) is 39.9 Å². The first-order chi connectivity index (χ1) is 30.5. The number of quaternary nitrogens is 1. The van der Waals surface area contributed by atoms with Gasteiger partial charge in [-0.3, -0.25) is 9.36 Å². The number of phosphoric acid groups is 1. The summed E-state index contributed by atoms with van der Waals surface area (Å²) in [4.78, 5) is 25.4.